The van der Waals surface area contributed by atoms with E-state index in [2.05, 4.69) is 35.2 Å². The van der Waals surface area contributed by atoms with E-state index in [1.165, 1.54) is 10.9 Å². The lowest BCUT2D eigenvalue weighted by Crippen LogP contribution is -2.09. The predicted octanol–water partition coefficient (Wildman–Crippen LogP) is 5.60. The molecule has 12 heteroatoms. The normalized spacial score (nSPS) is 13.7. The minimum atomic E-state index is -4.50. The second-order valence-electron chi connectivity index (χ2n) is 9.45. The molecule has 0 unspecified atom stereocenters. The molecule has 1 aliphatic carbocycles. The van der Waals surface area contributed by atoms with Crippen LogP contribution in [-0.4, -0.2) is 41.6 Å². The number of methoxy groups -OCH3 is 1. The van der Waals surface area contributed by atoms with Crippen LogP contribution in [0.25, 0.3) is 22.8 Å². The molecule has 0 aliphatic heterocycles. The van der Waals surface area contributed by atoms with Gasteiger partial charge in [0, 0.05) is 30.3 Å². The topological polar surface area (TPSA) is 104 Å². The summed E-state index contributed by atoms with van der Waals surface area (Å²) in [7, 11) is 1.55. The van der Waals surface area contributed by atoms with Gasteiger partial charge in [-0.05, 0) is 39.2 Å². The number of hydrogen-bond acceptors (Lipinski definition) is 8. The first-order chi connectivity index (χ1) is 18.1. The lowest BCUT2D eigenvalue weighted by molar-refractivity contribution is -0.140. The standard InChI is InChI=1S/C26H27F3N8O/c1-14(2)37-12-19(26(27,28)29)35-23(37)18-7-5-16(6-8-18)11-30-25-34-15(3)33-22(36-25)20-21(17-9-10-17)31-13-32-24(20)38-4/h5-8,12-14,17H,9-11H2,1-4H3,(H,30,33,34,36). The van der Waals surface area contributed by atoms with E-state index in [0.29, 0.717) is 47.1 Å². The molecule has 38 heavy (non-hydrogen) atoms. The number of nitrogens with one attached hydrogen (secondary N) is 1. The Kier molecular flexibility index (Phi) is 6.72. The van der Waals surface area contributed by atoms with Gasteiger partial charge in [-0.3, -0.25) is 0 Å². The summed E-state index contributed by atoms with van der Waals surface area (Å²) in [6.45, 7) is 5.82. The van der Waals surface area contributed by atoms with Gasteiger partial charge in [-0.2, -0.15) is 23.1 Å². The zero-order valence-corrected chi connectivity index (χ0v) is 21.4. The van der Waals surface area contributed by atoms with E-state index in [-0.39, 0.29) is 11.9 Å². The quantitative estimate of drug-likeness (QED) is 0.318. The zero-order chi connectivity index (χ0) is 27.0. The smallest absolute Gasteiger partial charge is 0.434 e. The maximum absolute atomic E-state index is 13.2. The van der Waals surface area contributed by atoms with Gasteiger partial charge >= 0.3 is 6.18 Å². The first kappa shape index (κ1) is 25.6. The van der Waals surface area contributed by atoms with Gasteiger partial charge in [0.2, 0.25) is 11.8 Å². The molecular formula is C26H27F3N8O. The van der Waals surface area contributed by atoms with Gasteiger partial charge < -0.3 is 14.6 Å². The van der Waals surface area contributed by atoms with Gasteiger partial charge in [0.15, 0.2) is 11.5 Å². The number of aromatic nitrogens is 7. The minimum absolute atomic E-state index is 0.176. The fourth-order valence-electron chi connectivity index (χ4n) is 4.18. The van der Waals surface area contributed by atoms with Crippen molar-refractivity contribution in [3.8, 4) is 28.7 Å². The van der Waals surface area contributed by atoms with Crippen molar-refractivity contribution in [2.75, 3.05) is 12.4 Å². The summed E-state index contributed by atoms with van der Waals surface area (Å²) in [4.78, 5) is 26.1. The number of ether oxygens (including phenoxy) is 1. The van der Waals surface area contributed by atoms with Crippen molar-refractivity contribution in [1.82, 2.24) is 34.5 Å². The fourth-order valence-corrected chi connectivity index (χ4v) is 4.18. The summed E-state index contributed by atoms with van der Waals surface area (Å²) in [5, 5.41) is 3.21. The molecule has 1 fully saturated rings. The van der Waals surface area contributed by atoms with Crippen LogP contribution in [0.2, 0.25) is 0 Å². The number of imidazole rings is 1. The third kappa shape index (κ3) is 5.29. The summed E-state index contributed by atoms with van der Waals surface area (Å²) < 4.78 is 46.7. The molecular weight excluding hydrogens is 497 g/mol. The Morgan fingerprint density at radius 1 is 1.05 bits per heavy atom. The molecule has 3 heterocycles. The highest BCUT2D eigenvalue weighted by Gasteiger charge is 2.35. The van der Waals surface area contributed by atoms with Gasteiger partial charge in [-0.25, -0.2) is 19.9 Å². The van der Waals surface area contributed by atoms with Crippen LogP contribution in [-0.2, 0) is 12.7 Å². The molecule has 9 nitrogen and oxygen atoms in total. The van der Waals surface area contributed by atoms with Gasteiger partial charge in [0.05, 0.1) is 12.8 Å². The molecule has 1 N–H and O–H groups in total. The number of rotatable bonds is 8. The van der Waals surface area contributed by atoms with E-state index < -0.39 is 11.9 Å². The maximum atomic E-state index is 13.2. The number of aryl methyl sites for hydroxylation is 1. The SMILES string of the molecule is COc1ncnc(C2CC2)c1-c1nc(C)nc(NCc2ccc(-c3nc(C(F)(F)F)cn3C(C)C)cc2)n1. The summed E-state index contributed by atoms with van der Waals surface area (Å²) in [6, 6.07) is 7.02. The monoisotopic (exact) mass is 524 g/mol. The van der Waals surface area contributed by atoms with Crippen LogP contribution in [0.3, 0.4) is 0 Å². The number of nitrogens with zero attached hydrogens (tertiary/aromatic N) is 7. The van der Waals surface area contributed by atoms with Crippen molar-refractivity contribution in [3.63, 3.8) is 0 Å². The van der Waals surface area contributed by atoms with Crippen LogP contribution >= 0.6 is 0 Å². The van der Waals surface area contributed by atoms with E-state index in [1.54, 1.807) is 26.2 Å². The van der Waals surface area contributed by atoms with Gasteiger partial charge in [-0.15, -0.1) is 0 Å². The van der Waals surface area contributed by atoms with Gasteiger partial charge in [0.1, 0.15) is 23.5 Å². The van der Waals surface area contributed by atoms with Crippen LogP contribution in [0.15, 0.2) is 36.8 Å². The fraction of sp³-hybridized carbons (Fsp3) is 0.385. The molecule has 0 radical (unpaired) electrons. The predicted molar refractivity (Wildman–Crippen MR) is 134 cm³/mol. The number of benzene rings is 1. The molecule has 0 amide bonds. The summed E-state index contributed by atoms with van der Waals surface area (Å²) in [5.41, 5.74) is 2.14. The number of anilines is 1. The van der Waals surface area contributed by atoms with E-state index >= 15 is 0 Å². The molecule has 198 valence electrons. The van der Waals surface area contributed by atoms with Crippen molar-refractivity contribution in [2.45, 2.75) is 58.3 Å². The van der Waals surface area contributed by atoms with Crippen LogP contribution in [0.5, 0.6) is 5.88 Å². The van der Waals surface area contributed by atoms with E-state index in [9.17, 15) is 13.2 Å². The molecule has 1 saturated carbocycles. The molecule has 0 saturated heterocycles. The van der Waals surface area contributed by atoms with Crippen molar-refractivity contribution in [2.24, 2.45) is 0 Å². The lowest BCUT2D eigenvalue weighted by Gasteiger charge is -2.13. The average molecular weight is 525 g/mol. The number of hydrogen-bond donors (Lipinski definition) is 1. The highest BCUT2D eigenvalue weighted by Crippen LogP contribution is 2.44. The summed E-state index contributed by atoms with van der Waals surface area (Å²) >= 11 is 0. The van der Waals surface area contributed by atoms with E-state index in [0.717, 1.165) is 30.3 Å². The van der Waals surface area contributed by atoms with E-state index in [1.807, 2.05) is 26.0 Å². The molecule has 1 aliphatic rings. The second-order valence-corrected chi connectivity index (χ2v) is 9.45. The zero-order valence-electron chi connectivity index (χ0n) is 21.4. The van der Waals surface area contributed by atoms with Crippen LogP contribution < -0.4 is 10.1 Å². The van der Waals surface area contributed by atoms with Gasteiger partial charge in [-0.1, -0.05) is 24.3 Å². The third-order valence-electron chi connectivity index (χ3n) is 6.21. The van der Waals surface area contributed by atoms with E-state index in [4.69, 9.17) is 4.74 Å². The molecule has 0 atom stereocenters. The average Bonchev–Trinajstić information content (AvgIpc) is 3.63. The summed E-state index contributed by atoms with van der Waals surface area (Å²) in [6.07, 6.45) is 0.137. The van der Waals surface area contributed by atoms with Crippen LogP contribution in [0.4, 0.5) is 19.1 Å². The largest absolute Gasteiger partial charge is 0.480 e. The highest BCUT2D eigenvalue weighted by molar-refractivity contribution is 5.66. The number of alkyl halides is 3. The van der Waals surface area contributed by atoms with Crippen molar-refractivity contribution < 1.29 is 17.9 Å². The molecule has 1 aromatic carbocycles. The van der Waals surface area contributed by atoms with Crippen LogP contribution in [0, 0.1) is 6.92 Å². The first-order valence-corrected chi connectivity index (χ1v) is 12.2. The second kappa shape index (κ2) is 9.99. The molecule has 0 bridgehead atoms. The van der Waals surface area contributed by atoms with Crippen molar-refractivity contribution in [3.05, 3.63) is 59.6 Å². The Labute approximate surface area is 217 Å². The van der Waals surface area contributed by atoms with Crippen molar-refractivity contribution >= 4 is 5.95 Å². The Balaban J connectivity index is 1.37. The highest BCUT2D eigenvalue weighted by atomic mass is 19.4. The molecule has 5 rings (SSSR count). The first-order valence-electron chi connectivity index (χ1n) is 12.2. The van der Waals surface area contributed by atoms with Gasteiger partial charge in [0.25, 0.3) is 0 Å². The number of halogens is 3. The Hall–Kier alpha value is -4.09. The Morgan fingerprint density at radius 3 is 2.42 bits per heavy atom. The third-order valence-corrected chi connectivity index (χ3v) is 6.21. The lowest BCUT2D eigenvalue weighted by atomic mass is 10.1. The van der Waals surface area contributed by atoms with Crippen molar-refractivity contribution in [1.29, 1.82) is 0 Å². The molecule has 0 spiro atoms. The molecule has 4 aromatic rings. The summed E-state index contributed by atoms with van der Waals surface area (Å²) in [5.74, 6) is 2.39. The molecule has 3 aromatic heterocycles. The van der Waals surface area contributed by atoms with Crippen LogP contribution in [0.1, 0.15) is 61.4 Å². The Morgan fingerprint density at radius 2 is 1.79 bits per heavy atom. The minimum Gasteiger partial charge on any atom is -0.480 e. The Bertz CT molecular complexity index is 1450. The maximum Gasteiger partial charge on any atom is 0.434 e.